The zero-order valence-corrected chi connectivity index (χ0v) is 17.2. The SMILES string of the molecule is COc1ccc(S(=O)(=O)Nc2cccc(OC(F)F)c2)cc1N1CCNCC1.Cl. The number of sulfonamides is 1. The molecule has 3 rings (SSSR count). The lowest BCUT2D eigenvalue weighted by molar-refractivity contribution is -0.0497. The van der Waals surface area contributed by atoms with Crippen molar-refractivity contribution in [3.63, 3.8) is 0 Å². The van der Waals surface area contributed by atoms with E-state index in [1.165, 1.54) is 37.4 Å². The molecule has 29 heavy (non-hydrogen) atoms. The maximum Gasteiger partial charge on any atom is 0.387 e. The smallest absolute Gasteiger partial charge is 0.387 e. The highest BCUT2D eigenvalue weighted by Crippen LogP contribution is 2.32. The van der Waals surface area contributed by atoms with Crippen molar-refractivity contribution >= 4 is 33.8 Å². The average Bonchev–Trinajstić information content (AvgIpc) is 2.67. The summed E-state index contributed by atoms with van der Waals surface area (Å²) in [6, 6.07) is 9.98. The Morgan fingerprint density at radius 1 is 1.14 bits per heavy atom. The number of halogens is 3. The first-order valence-corrected chi connectivity index (χ1v) is 10.1. The summed E-state index contributed by atoms with van der Waals surface area (Å²) < 4.78 is 62.4. The number of alkyl halides is 2. The second kappa shape index (κ2) is 9.95. The van der Waals surface area contributed by atoms with Gasteiger partial charge >= 0.3 is 6.61 Å². The van der Waals surface area contributed by atoms with Crippen LogP contribution in [0, 0.1) is 0 Å². The third kappa shape index (κ3) is 5.84. The minimum absolute atomic E-state index is 0. The zero-order chi connectivity index (χ0) is 20.1. The summed E-state index contributed by atoms with van der Waals surface area (Å²) in [5.41, 5.74) is 0.805. The molecule has 0 atom stereocenters. The Kier molecular flexibility index (Phi) is 7.88. The number of nitrogens with one attached hydrogen (secondary N) is 2. The Morgan fingerprint density at radius 2 is 1.86 bits per heavy atom. The zero-order valence-electron chi connectivity index (χ0n) is 15.6. The number of anilines is 2. The number of methoxy groups -OCH3 is 1. The molecule has 1 heterocycles. The second-order valence-electron chi connectivity index (χ2n) is 6.08. The number of hydrogen-bond donors (Lipinski definition) is 2. The van der Waals surface area contributed by atoms with E-state index < -0.39 is 16.6 Å². The molecular weight excluding hydrogens is 428 g/mol. The van der Waals surface area contributed by atoms with Crippen LogP contribution in [0.3, 0.4) is 0 Å². The Balaban J connectivity index is 0.00000300. The van der Waals surface area contributed by atoms with Crippen molar-refractivity contribution < 1.29 is 26.7 Å². The fourth-order valence-corrected chi connectivity index (χ4v) is 4.01. The van der Waals surface area contributed by atoms with E-state index in [2.05, 4.69) is 14.8 Å². The van der Waals surface area contributed by atoms with Crippen molar-refractivity contribution in [1.29, 1.82) is 0 Å². The number of benzene rings is 2. The minimum atomic E-state index is -3.94. The molecule has 0 aromatic heterocycles. The Hall–Kier alpha value is -2.30. The van der Waals surface area contributed by atoms with E-state index in [-0.39, 0.29) is 28.7 Å². The van der Waals surface area contributed by atoms with Crippen LogP contribution in [0.1, 0.15) is 0 Å². The molecule has 0 saturated carbocycles. The highest BCUT2D eigenvalue weighted by molar-refractivity contribution is 7.92. The van der Waals surface area contributed by atoms with Gasteiger partial charge in [0.25, 0.3) is 10.0 Å². The molecule has 2 aromatic rings. The standard InChI is InChI=1S/C18H21F2N3O4S.ClH/c1-26-17-6-5-15(12-16(17)23-9-7-21-8-10-23)28(24,25)22-13-3-2-4-14(11-13)27-18(19)20;/h2-6,11-12,18,21-22H,7-10H2,1H3;1H. The van der Waals surface area contributed by atoms with Gasteiger partial charge in [0.2, 0.25) is 0 Å². The van der Waals surface area contributed by atoms with Crippen LogP contribution in [0.2, 0.25) is 0 Å². The van der Waals surface area contributed by atoms with E-state index in [1.54, 1.807) is 12.1 Å². The van der Waals surface area contributed by atoms with E-state index in [9.17, 15) is 17.2 Å². The molecule has 7 nitrogen and oxygen atoms in total. The summed E-state index contributed by atoms with van der Waals surface area (Å²) in [5, 5.41) is 3.24. The lowest BCUT2D eigenvalue weighted by atomic mass is 10.2. The predicted molar refractivity (Wildman–Crippen MR) is 109 cm³/mol. The van der Waals surface area contributed by atoms with E-state index in [0.29, 0.717) is 11.4 Å². The molecule has 0 spiro atoms. The van der Waals surface area contributed by atoms with Gasteiger partial charge in [-0.1, -0.05) is 6.07 Å². The lowest BCUT2D eigenvalue weighted by Crippen LogP contribution is -2.43. The van der Waals surface area contributed by atoms with Gasteiger partial charge in [-0.15, -0.1) is 12.4 Å². The quantitative estimate of drug-likeness (QED) is 0.676. The molecule has 1 aliphatic heterocycles. The van der Waals surface area contributed by atoms with Gasteiger partial charge in [0.05, 0.1) is 23.4 Å². The molecule has 0 bridgehead atoms. The molecule has 1 saturated heterocycles. The van der Waals surface area contributed by atoms with Gasteiger partial charge in [0, 0.05) is 32.2 Å². The monoisotopic (exact) mass is 449 g/mol. The minimum Gasteiger partial charge on any atom is -0.495 e. The number of piperazine rings is 1. The average molecular weight is 450 g/mol. The van der Waals surface area contributed by atoms with Crippen molar-refractivity contribution in [2.24, 2.45) is 0 Å². The first-order valence-electron chi connectivity index (χ1n) is 8.60. The highest BCUT2D eigenvalue weighted by atomic mass is 35.5. The molecule has 0 radical (unpaired) electrons. The summed E-state index contributed by atoms with van der Waals surface area (Å²) in [5.74, 6) is 0.444. The topological polar surface area (TPSA) is 79.9 Å². The molecule has 11 heteroatoms. The van der Waals surface area contributed by atoms with Crippen LogP contribution in [0.5, 0.6) is 11.5 Å². The van der Waals surface area contributed by atoms with Crippen LogP contribution in [-0.2, 0) is 10.0 Å². The molecule has 160 valence electrons. The molecule has 1 aliphatic rings. The molecule has 0 amide bonds. The summed E-state index contributed by atoms with van der Waals surface area (Å²) in [7, 11) is -2.41. The van der Waals surface area contributed by atoms with Crippen LogP contribution in [0.25, 0.3) is 0 Å². The molecule has 2 N–H and O–H groups in total. The maximum absolute atomic E-state index is 12.8. The largest absolute Gasteiger partial charge is 0.495 e. The van der Waals surface area contributed by atoms with Gasteiger partial charge in [0.1, 0.15) is 11.5 Å². The Bertz CT molecular complexity index is 925. The predicted octanol–water partition coefficient (Wildman–Crippen LogP) is 2.93. The van der Waals surface area contributed by atoms with Crippen molar-refractivity contribution in [1.82, 2.24) is 5.32 Å². The van der Waals surface area contributed by atoms with Gasteiger partial charge < -0.3 is 19.7 Å². The number of ether oxygens (including phenoxy) is 2. The third-order valence-electron chi connectivity index (χ3n) is 4.23. The van der Waals surface area contributed by atoms with E-state index in [0.717, 1.165) is 26.2 Å². The summed E-state index contributed by atoms with van der Waals surface area (Å²) in [4.78, 5) is 2.09. The molecule has 2 aromatic carbocycles. The first kappa shape index (κ1) is 23.0. The summed E-state index contributed by atoms with van der Waals surface area (Å²) in [6.45, 7) is 0.0284. The summed E-state index contributed by atoms with van der Waals surface area (Å²) in [6.07, 6.45) is 0. The van der Waals surface area contributed by atoms with Crippen LogP contribution in [0.4, 0.5) is 20.2 Å². The van der Waals surface area contributed by atoms with Crippen LogP contribution >= 0.6 is 12.4 Å². The van der Waals surface area contributed by atoms with Gasteiger partial charge in [-0.05, 0) is 30.3 Å². The van der Waals surface area contributed by atoms with Gasteiger partial charge in [-0.2, -0.15) is 8.78 Å². The second-order valence-corrected chi connectivity index (χ2v) is 7.76. The van der Waals surface area contributed by atoms with Gasteiger partial charge in [-0.3, -0.25) is 4.72 Å². The fourth-order valence-electron chi connectivity index (χ4n) is 2.94. The Morgan fingerprint density at radius 3 is 2.52 bits per heavy atom. The van der Waals surface area contributed by atoms with Crippen LogP contribution < -0.4 is 24.4 Å². The normalized spacial score (nSPS) is 14.3. The number of rotatable bonds is 7. The van der Waals surface area contributed by atoms with Crippen molar-refractivity contribution in [2.75, 3.05) is 42.9 Å². The molecule has 0 unspecified atom stereocenters. The van der Waals surface area contributed by atoms with Crippen molar-refractivity contribution in [3.8, 4) is 11.5 Å². The van der Waals surface area contributed by atoms with Crippen LogP contribution in [0.15, 0.2) is 47.4 Å². The lowest BCUT2D eigenvalue weighted by Gasteiger charge is -2.30. The van der Waals surface area contributed by atoms with E-state index >= 15 is 0 Å². The number of hydrogen-bond acceptors (Lipinski definition) is 6. The molecular formula is C18H22ClF2N3O4S. The summed E-state index contributed by atoms with van der Waals surface area (Å²) >= 11 is 0. The number of nitrogens with zero attached hydrogens (tertiary/aromatic N) is 1. The van der Waals surface area contributed by atoms with Crippen LogP contribution in [-0.4, -0.2) is 48.3 Å². The van der Waals surface area contributed by atoms with Crippen molar-refractivity contribution in [3.05, 3.63) is 42.5 Å². The molecule has 1 fully saturated rings. The van der Waals surface area contributed by atoms with Crippen molar-refractivity contribution in [2.45, 2.75) is 11.5 Å². The van der Waals surface area contributed by atoms with Gasteiger partial charge in [0.15, 0.2) is 0 Å². The third-order valence-corrected chi connectivity index (χ3v) is 5.61. The van der Waals surface area contributed by atoms with E-state index in [4.69, 9.17) is 4.74 Å². The highest BCUT2D eigenvalue weighted by Gasteiger charge is 2.21. The Labute approximate surface area is 174 Å². The molecule has 0 aliphatic carbocycles. The fraction of sp³-hybridized carbons (Fsp3) is 0.333. The first-order chi connectivity index (χ1) is 13.4. The van der Waals surface area contributed by atoms with E-state index in [1.807, 2.05) is 4.90 Å². The maximum atomic E-state index is 12.8. The van der Waals surface area contributed by atoms with Gasteiger partial charge in [-0.25, -0.2) is 8.42 Å².